The summed E-state index contributed by atoms with van der Waals surface area (Å²) in [6.45, 7) is 4.81. The molecule has 0 radical (unpaired) electrons. The van der Waals surface area contributed by atoms with E-state index in [-0.39, 0.29) is 32.2 Å². The van der Waals surface area contributed by atoms with E-state index in [1.54, 1.807) is 0 Å². The van der Waals surface area contributed by atoms with Crippen LogP contribution in [0.25, 0.3) is 0 Å². The van der Waals surface area contributed by atoms with Gasteiger partial charge in [-0.15, -0.1) is 0 Å². The van der Waals surface area contributed by atoms with Gasteiger partial charge in [-0.1, -0.05) is 276 Å². The van der Waals surface area contributed by atoms with Crippen LogP contribution in [0.15, 0.2) is 12.2 Å². The van der Waals surface area contributed by atoms with Crippen LogP contribution in [0.2, 0.25) is 0 Å². The van der Waals surface area contributed by atoms with Crippen molar-refractivity contribution in [2.24, 2.45) is 0 Å². The van der Waals surface area contributed by atoms with Crippen LogP contribution in [0.5, 0.6) is 0 Å². The molecule has 0 aromatic carbocycles. The molecule has 0 aliphatic heterocycles. The Kier molecular flexibility index (Phi) is 53.8. The standard InChI is InChI=1S/C63H121NO8/c1-6-8-10-12-14-16-18-20-22-24-25-26-27-28-29-30-31-32-33-34-35-36-37-38-40-42-44-46-48-50-52-54-61(66)72-59(58-71-63(62(67)68)69-56-55-64(3,4)5)57-70-60(65)53-51-49-47-45-43-41-39-23-21-19-17-15-13-11-9-7-2/h24-25,59,63H,6-23,26-58H2,1-5H3/b25-24-. The van der Waals surface area contributed by atoms with Crippen molar-refractivity contribution in [1.29, 1.82) is 0 Å². The third kappa shape index (κ3) is 55.8. The summed E-state index contributed by atoms with van der Waals surface area (Å²) in [5.74, 6) is -2.25. The summed E-state index contributed by atoms with van der Waals surface area (Å²) < 4.78 is 22.7. The second-order valence-electron chi connectivity index (χ2n) is 22.7. The van der Waals surface area contributed by atoms with Gasteiger partial charge in [0, 0.05) is 12.8 Å². The lowest BCUT2D eigenvalue weighted by Crippen LogP contribution is -2.44. The van der Waals surface area contributed by atoms with Gasteiger partial charge in [-0.3, -0.25) is 9.59 Å². The molecule has 0 aliphatic rings. The first-order valence-electron chi connectivity index (χ1n) is 31.3. The third-order valence-corrected chi connectivity index (χ3v) is 14.3. The second kappa shape index (κ2) is 55.3. The summed E-state index contributed by atoms with van der Waals surface area (Å²) in [6, 6.07) is 0. The van der Waals surface area contributed by atoms with Crippen LogP contribution in [-0.4, -0.2) is 82.3 Å². The first-order chi connectivity index (χ1) is 35.1. The van der Waals surface area contributed by atoms with Gasteiger partial charge in [0.25, 0.3) is 0 Å². The van der Waals surface area contributed by atoms with E-state index in [0.29, 0.717) is 17.4 Å². The van der Waals surface area contributed by atoms with Crippen molar-refractivity contribution in [2.75, 3.05) is 47.5 Å². The van der Waals surface area contributed by atoms with Gasteiger partial charge in [0.1, 0.15) is 13.2 Å². The zero-order chi connectivity index (χ0) is 52.7. The van der Waals surface area contributed by atoms with Crippen LogP contribution in [0, 0.1) is 0 Å². The highest BCUT2D eigenvalue weighted by Crippen LogP contribution is 2.18. The molecular formula is C63H121NO8. The zero-order valence-electron chi connectivity index (χ0n) is 48.6. The Hall–Kier alpha value is -1.97. The van der Waals surface area contributed by atoms with Crippen molar-refractivity contribution in [1.82, 2.24) is 0 Å². The predicted molar refractivity (Wildman–Crippen MR) is 302 cm³/mol. The van der Waals surface area contributed by atoms with E-state index in [9.17, 15) is 19.5 Å². The minimum absolute atomic E-state index is 0.152. The van der Waals surface area contributed by atoms with Crippen molar-refractivity contribution in [2.45, 2.75) is 328 Å². The molecule has 0 amide bonds. The monoisotopic (exact) mass is 1020 g/mol. The van der Waals surface area contributed by atoms with E-state index >= 15 is 0 Å². The average Bonchev–Trinajstić information content (AvgIpc) is 3.35. The van der Waals surface area contributed by atoms with Gasteiger partial charge in [-0.2, -0.15) is 0 Å². The fraction of sp³-hybridized carbons (Fsp3) is 0.921. The number of allylic oxidation sites excluding steroid dienone is 2. The van der Waals surface area contributed by atoms with Gasteiger partial charge in [-0.25, -0.2) is 0 Å². The normalized spacial score (nSPS) is 12.7. The number of esters is 2. The largest absolute Gasteiger partial charge is 0.545 e. The van der Waals surface area contributed by atoms with Crippen molar-refractivity contribution in [3.8, 4) is 0 Å². The van der Waals surface area contributed by atoms with Gasteiger partial charge in [0.2, 0.25) is 0 Å². The van der Waals surface area contributed by atoms with Crippen LogP contribution in [-0.2, 0) is 33.3 Å². The highest BCUT2D eigenvalue weighted by Gasteiger charge is 2.22. The molecule has 0 aromatic heterocycles. The molecule has 9 nitrogen and oxygen atoms in total. The third-order valence-electron chi connectivity index (χ3n) is 14.3. The molecule has 0 aliphatic carbocycles. The number of rotatable bonds is 59. The smallest absolute Gasteiger partial charge is 0.306 e. The number of carbonyl (C=O) groups excluding carboxylic acids is 3. The maximum atomic E-state index is 12.9. The molecule has 2 atom stereocenters. The first kappa shape index (κ1) is 70.0. The van der Waals surface area contributed by atoms with Crippen molar-refractivity contribution >= 4 is 17.9 Å². The number of carboxylic acids is 1. The highest BCUT2D eigenvalue weighted by molar-refractivity contribution is 5.70. The van der Waals surface area contributed by atoms with Crippen LogP contribution in [0.3, 0.4) is 0 Å². The van der Waals surface area contributed by atoms with Crippen LogP contribution in [0.1, 0.15) is 316 Å². The summed E-state index contributed by atoms with van der Waals surface area (Å²) >= 11 is 0. The number of ether oxygens (including phenoxy) is 4. The SMILES string of the molecule is CCCCCCCCCC/C=C\CCCCCCCCCCCCCCCCCCCCCC(=O)OC(COC(=O)CCCCCCCCCCCCCCCCCC)COC(OCC[N+](C)(C)C)C(=O)[O-]. The van der Waals surface area contributed by atoms with E-state index < -0.39 is 24.3 Å². The van der Waals surface area contributed by atoms with Crippen molar-refractivity contribution < 1.29 is 42.9 Å². The molecule has 2 unspecified atom stereocenters. The number of carbonyl (C=O) groups is 3. The molecule has 72 heavy (non-hydrogen) atoms. The Bertz CT molecular complexity index is 1190. The van der Waals surface area contributed by atoms with E-state index in [4.69, 9.17) is 18.9 Å². The molecule has 0 N–H and O–H groups in total. The lowest BCUT2D eigenvalue weighted by atomic mass is 10.0. The first-order valence-corrected chi connectivity index (χ1v) is 31.3. The molecule has 0 saturated carbocycles. The lowest BCUT2D eigenvalue weighted by Gasteiger charge is -2.26. The predicted octanol–water partition coefficient (Wildman–Crippen LogP) is 17.2. The summed E-state index contributed by atoms with van der Waals surface area (Å²) in [5, 5.41) is 11.8. The maximum absolute atomic E-state index is 12.9. The Balaban J connectivity index is 4.07. The summed E-state index contributed by atoms with van der Waals surface area (Å²) in [6.07, 6.45) is 61.4. The van der Waals surface area contributed by atoms with Crippen LogP contribution in [0.4, 0.5) is 0 Å². The Labute approximate surface area is 446 Å². The van der Waals surface area contributed by atoms with Crippen molar-refractivity contribution in [3.63, 3.8) is 0 Å². The summed E-state index contributed by atoms with van der Waals surface area (Å²) in [7, 11) is 5.94. The molecule has 0 heterocycles. The number of quaternary nitrogens is 1. The lowest BCUT2D eigenvalue weighted by molar-refractivity contribution is -0.870. The number of hydrogen-bond acceptors (Lipinski definition) is 8. The number of aliphatic carboxylic acids is 1. The van der Waals surface area contributed by atoms with Gasteiger partial charge < -0.3 is 33.3 Å². The number of likely N-dealkylation sites (N-methyl/N-ethyl adjacent to an activating group) is 1. The molecule has 0 saturated heterocycles. The Morgan fingerprint density at radius 3 is 1.03 bits per heavy atom. The Morgan fingerprint density at radius 1 is 0.403 bits per heavy atom. The quantitative estimate of drug-likeness (QED) is 0.0195. The maximum Gasteiger partial charge on any atom is 0.306 e. The van der Waals surface area contributed by atoms with Gasteiger partial charge in [0.15, 0.2) is 12.4 Å². The second-order valence-corrected chi connectivity index (χ2v) is 22.7. The molecule has 9 heteroatoms. The summed E-state index contributed by atoms with van der Waals surface area (Å²) in [5.41, 5.74) is 0. The fourth-order valence-electron chi connectivity index (χ4n) is 9.42. The topological polar surface area (TPSA) is 111 Å². The zero-order valence-corrected chi connectivity index (χ0v) is 48.6. The van der Waals surface area contributed by atoms with E-state index in [1.165, 1.54) is 250 Å². The van der Waals surface area contributed by atoms with Crippen molar-refractivity contribution in [3.05, 3.63) is 12.2 Å². The molecule has 426 valence electrons. The molecule has 0 spiro atoms. The number of hydrogen-bond donors (Lipinski definition) is 0. The summed E-state index contributed by atoms with van der Waals surface area (Å²) in [4.78, 5) is 37.3. The molecule has 0 bridgehead atoms. The molecule has 0 fully saturated rings. The molecular weight excluding hydrogens is 899 g/mol. The van der Waals surface area contributed by atoms with Gasteiger partial charge >= 0.3 is 11.9 Å². The minimum Gasteiger partial charge on any atom is -0.545 e. The van der Waals surface area contributed by atoms with E-state index in [1.807, 2.05) is 21.1 Å². The van der Waals surface area contributed by atoms with Crippen LogP contribution < -0.4 is 5.11 Å². The van der Waals surface area contributed by atoms with E-state index in [0.717, 1.165) is 38.5 Å². The molecule has 0 aromatic rings. The number of unbranched alkanes of at least 4 members (excludes halogenated alkanes) is 42. The van der Waals surface area contributed by atoms with Gasteiger partial charge in [0.05, 0.1) is 40.3 Å². The van der Waals surface area contributed by atoms with E-state index in [2.05, 4.69) is 26.0 Å². The average molecular weight is 1020 g/mol. The number of nitrogens with zero attached hydrogens (tertiary/aromatic N) is 1. The number of carboxylic acid groups (broad SMARTS) is 1. The highest BCUT2D eigenvalue weighted by atomic mass is 16.7. The Morgan fingerprint density at radius 2 is 0.708 bits per heavy atom. The fourth-order valence-corrected chi connectivity index (χ4v) is 9.42. The minimum atomic E-state index is -1.62. The van der Waals surface area contributed by atoms with Gasteiger partial charge in [-0.05, 0) is 38.5 Å². The molecule has 0 rings (SSSR count). The van der Waals surface area contributed by atoms with Crippen LogP contribution >= 0.6 is 0 Å².